The maximum absolute atomic E-state index is 12.8. The maximum Gasteiger partial charge on any atom is 0.416 e. The highest BCUT2D eigenvalue weighted by Gasteiger charge is 2.30. The van der Waals surface area contributed by atoms with Crippen molar-refractivity contribution in [2.75, 3.05) is 43.0 Å². The second kappa shape index (κ2) is 8.41. The number of ether oxygens (including phenoxy) is 1. The zero-order valence-corrected chi connectivity index (χ0v) is 15.5. The second-order valence-electron chi connectivity index (χ2n) is 6.38. The molecule has 1 N–H and O–H groups in total. The van der Waals surface area contributed by atoms with E-state index in [1.54, 1.807) is 4.90 Å². The molecule has 1 aliphatic heterocycles. The Bertz CT molecular complexity index is 818. The summed E-state index contributed by atoms with van der Waals surface area (Å²) in [5, 5.41) is 2.55. The van der Waals surface area contributed by atoms with E-state index in [2.05, 4.69) is 10.2 Å². The predicted octanol–water partition coefficient (Wildman–Crippen LogP) is 4.46. The van der Waals surface area contributed by atoms with Crippen molar-refractivity contribution in [1.29, 1.82) is 0 Å². The lowest BCUT2D eigenvalue weighted by Gasteiger charge is -2.36. The first-order chi connectivity index (χ1) is 13.4. The van der Waals surface area contributed by atoms with Gasteiger partial charge in [-0.1, -0.05) is 18.2 Å². The van der Waals surface area contributed by atoms with E-state index in [9.17, 15) is 18.0 Å². The lowest BCUT2D eigenvalue weighted by atomic mass is 10.2. The summed E-state index contributed by atoms with van der Waals surface area (Å²) in [7, 11) is 0. The smallest absolute Gasteiger partial charge is 0.416 e. The van der Waals surface area contributed by atoms with Crippen LogP contribution in [0.25, 0.3) is 0 Å². The third kappa shape index (κ3) is 4.68. The molecule has 2 aromatic rings. The molecule has 1 heterocycles. The Balaban J connectivity index is 1.60. The van der Waals surface area contributed by atoms with E-state index >= 15 is 0 Å². The molecule has 1 saturated heterocycles. The summed E-state index contributed by atoms with van der Waals surface area (Å²) in [4.78, 5) is 16.2. The minimum atomic E-state index is -4.44. The average Bonchev–Trinajstić information content (AvgIpc) is 2.68. The molecule has 0 radical (unpaired) electrons. The van der Waals surface area contributed by atoms with E-state index < -0.39 is 17.8 Å². The van der Waals surface area contributed by atoms with Crippen molar-refractivity contribution >= 4 is 17.4 Å². The number of urea groups is 1. The molecule has 150 valence electrons. The van der Waals surface area contributed by atoms with E-state index in [0.29, 0.717) is 32.8 Å². The van der Waals surface area contributed by atoms with Gasteiger partial charge in [-0.15, -0.1) is 0 Å². The molecule has 2 amide bonds. The first-order valence-electron chi connectivity index (χ1n) is 9.08. The number of carbonyl (C=O) groups excluding carboxylic acids is 1. The summed E-state index contributed by atoms with van der Waals surface area (Å²) in [6, 6.07) is 12.0. The molecule has 28 heavy (non-hydrogen) atoms. The number of carbonyl (C=O) groups is 1. The molecule has 0 aliphatic carbocycles. The molecule has 5 nitrogen and oxygen atoms in total. The Morgan fingerprint density at radius 1 is 1.07 bits per heavy atom. The number of piperazine rings is 1. The van der Waals surface area contributed by atoms with Gasteiger partial charge in [0.15, 0.2) is 0 Å². The van der Waals surface area contributed by atoms with Crippen molar-refractivity contribution in [3.8, 4) is 5.75 Å². The van der Waals surface area contributed by atoms with Gasteiger partial charge < -0.3 is 19.9 Å². The van der Waals surface area contributed by atoms with Crippen molar-refractivity contribution in [1.82, 2.24) is 4.90 Å². The molecule has 2 aromatic carbocycles. The van der Waals surface area contributed by atoms with Gasteiger partial charge >= 0.3 is 12.2 Å². The fourth-order valence-corrected chi connectivity index (χ4v) is 3.12. The predicted molar refractivity (Wildman–Crippen MR) is 102 cm³/mol. The van der Waals surface area contributed by atoms with Crippen LogP contribution >= 0.6 is 0 Å². The molecule has 0 atom stereocenters. The molecule has 0 unspecified atom stereocenters. The van der Waals surface area contributed by atoms with E-state index in [1.807, 2.05) is 31.2 Å². The van der Waals surface area contributed by atoms with Crippen LogP contribution in [0.2, 0.25) is 0 Å². The minimum absolute atomic E-state index is 0.129. The van der Waals surface area contributed by atoms with E-state index in [0.717, 1.165) is 23.6 Å². The first kappa shape index (κ1) is 19.9. The van der Waals surface area contributed by atoms with Gasteiger partial charge in [-0.3, -0.25) is 0 Å². The summed E-state index contributed by atoms with van der Waals surface area (Å²) < 4.78 is 44.1. The summed E-state index contributed by atoms with van der Waals surface area (Å²) in [6.45, 7) is 4.64. The monoisotopic (exact) mass is 393 g/mol. The second-order valence-corrected chi connectivity index (χ2v) is 6.38. The number of amides is 2. The molecule has 0 aromatic heterocycles. The number of para-hydroxylation sites is 2. The van der Waals surface area contributed by atoms with Crippen molar-refractivity contribution in [2.24, 2.45) is 0 Å². The Labute approximate surface area is 161 Å². The molecule has 0 bridgehead atoms. The van der Waals surface area contributed by atoms with Gasteiger partial charge in [0, 0.05) is 31.9 Å². The Kier molecular flexibility index (Phi) is 5.96. The molecule has 8 heteroatoms. The number of hydrogen-bond donors (Lipinski definition) is 1. The van der Waals surface area contributed by atoms with Gasteiger partial charge in [-0.25, -0.2) is 4.79 Å². The summed E-state index contributed by atoms with van der Waals surface area (Å²) in [5.41, 5.74) is 0.314. The number of halogens is 3. The SMILES string of the molecule is CCOc1ccccc1N1CCN(C(=O)Nc2cccc(C(F)(F)F)c2)CC1. The normalized spacial score (nSPS) is 14.7. The number of alkyl halides is 3. The van der Waals surface area contributed by atoms with Crippen LogP contribution in [0.5, 0.6) is 5.75 Å². The van der Waals surface area contributed by atoms with Crippen molar-refractivity contribution in [3.05, 3.63) is 54.1 Å². The van der Waals surface area contributed by atoms with Crippen molar-refractivity contribution in [2.45, 2.75) is 13.1 Å². The topological polar surface area (TPSA) is 44.8 Å². The highest BCUT2D eigenvalue weighted by atomic mass is 19.4. The highest BCUT2D eigenvalue weighted by Crippen LogP contribution is 2.31. The Morgan fingerprint density at radius 2 is 1.79 bits per heavy atom. The Morgan fingerprint density at radius 3 is 2.46 bits per heavy atom. The number of hydrogen-bond acceptors (Lipinski definition) is 3. The molecular formula is C20H22F3N3O2. The number of nitrogens with one attached hydrogen (secondary N) is 1. The lowest BCUT2D eigenvalue weighted by Crippen LogP contribution is -2.50. The third-order valence-electron chi connectivity index (χ3n) is 4.51. The quantitative estimate of drug-likeness (QED) is 0.834. The van der Waals surface area contributed by atoms with E-state index in [-0.39, 0.29) is 5.69 Å². The molecule has 1 aliphatic rings. The van der Waals surface area contributed by atoms with Crippen LogP contribution in [0.4, 0.5) is 29.3 Å². The largest absolute Gasteiger partial charge is 0.492 e. The minimum Gasteiger partial charge on any atom is -0.492 e. The van der Waals surface area contributed by atoms with Gasteiger partial charge in [0.25, 0.3) is 0 Å². The number of anilines is 2. The average molecular weight is 393 g/mol. The summed E-state index contributed by atoms with van der Waals surface area (Å²) >= 11 is 0. The van der Waals surface area contributed by atoms with Crippen LogP contribution in [0.3, 0.4) is 0 Å². The van der Waals surface area contributed by atoms with Crippen LogP contribution in [0.15, 0.2) is 48.5 Å². The van der Waals surface area contributed by atoms with Crippen LogP contribution in [-0.4, -0.2) is 43.7 Å². The number of rotatable bonds is 4. The van der Waals surface area contributed by atoms with Crippen molar-refractivity contribution < 1.29 is 22.7 Å². The Hall–Kier alpha value is -2.90. The van der Waals surface area contributed by atoms with Crippen LogP contribution < -0.4 is 15.0 Å². The first-order valence-corrected chi connectivity index (χ1v) is 9.08. The molecule has 0 saturated carbocycles. The van der Waals surface area contributed by atoms with Crippen molar-refractivity contribution in [3.63, 3.8) is 0 Å². The van der Waals surface area contributed by atoms with Crippen LogP contribution in [-0.2, 0) is 6.18 Å². The fraction of sp³-hybridized carbons (Fsp3) is 0.350. The molecule has 0 spiro atoms. The van der Waals surface area contributed by atoms with Crippen LogP contribution in [0, 0.1) is 0 Å². The summed E-state index contributed by atoms with van der Waals surface area (Å²) in [5.74, 6) is 0.798. The van der Waals surface area contributed by atoms with Gasteiger partial charge in [0.2, 0.25) is 0 Å². The zero-order chi connectivity index (χ0) is 20.1. The molecule has 3 rings (SSSR count). The fourth-order valence-electron chi connectivity index (χ4n) is 3.12. The standard InChI is InChI=1S/C20H22F3N3O2/c1-2-28-18-9-4-3-8-17(18)25-10-12-26(13-11-25)19(27)24-16-7-5-6-15(14-16)20(21,22)23/h3-9,14H,2,10-13H2,1H3,(H,24,27). The summed E-state index contributed by atoms with van der Waals surface area (Å²) in [6.07, 6.45) is -4.44. The van der Waals surface area contributed by atoms with Gasteiger partial charge in [0.1, 0.15) is 5.75 Å². The lowest BCUT2D eigenvalue weighted by molar-refractivity contribution is -0.137. The molecule has 1 fully saturated rings. The van der Waals surface area contributed by atoms with E-state index in [1.165, 1.54) is 12.1 Å². The highest BCUT2D eigenvalue weighted by molar-refractivity contribution is 5.89. The zero-order valence-electron chi connectivity index (χ0n) is 15.5. The van der Waals surface area contributed by atoms with Crippen LogP contribution in [0.1, 0.15) is 12.5 Å². The van der Waals surface area contributed by atoms with Gasteiger partial charge in [0.05, 0.1) is 17.9 Å². The van der Waals surface area contributed by atoms with E-state index in [4.69, 9.17) is 4.74 Å². The third-order valence-corrected chi connectivity index (χ3v) is 4.51. The van der Waals surface area contributed by atoms with Gasteiger partial charge in [-0.2, -0.15) is 13.2 Å². The van der Waals surface area contributed by atoms with Gasteiger partial charge in [-0.05, 0) is 37.3 Å². The number of nitrogens with zero attached hydrogens (tertiary/aromatic N) is 2. The maximum atomic E-state index is 12.8. The number of benzene rings is 2. The molecular weight excluding hydrogens is 371 g/mol.